The first-order valence-electron chi connectivity index (χ1n) is 7.00. The quantitative estimate of drug-likeness (QED) is 0.815. The minimum absolute atomic E-state index is 0.0465. The zero-order valence-electron chi connectivity index (χ0n) is 11.3. The molecular formula is C14H23NO3. The van der Waals surface area contributed by atoms with Crippen LogP contribution in [0.25, 0.3) is 0 Å². The van der Waals surface area contributed by atoms with Gasteiger partial charge in [0.25, 0.3) is 0 Å². The molecule has 2 fully saturated rings. The van der Waals surface area contributed by atoms with E-state index in [0.717, 1.165) is 19.4 Å². The largest absolute Gasteiger partial charge is 0.481 e. The third-order valence-corrected chi connectivity index (χ3v) is 4.48. The first kappa shape index (κ1) is 13.4. The zero-order chi connectivity index (χ0) is 13.3. The lowest BCUT2D eigenvalue weighted by atomic mass is 9.95. The molecule has 0 aromatic rings. The fourth-order valence-electron chi connectivity index (χ4n) is 3.08. The lowest BCUT2D eigenvalue weighted by Gasteiger charge is -2.23. The Balaban J connectivity index is 1.99. The predicted molar refractivity (Wildman–Crippen MR) is 68.0 cm³/mol. The highest BCUT2D eigenvalue weighted by molar-refractivity contribution is 5.85. The van der Waals surface area contributed by atoms with Crippen LogP contribution in [0.4, 0.5) is 0 Å². The SMILES string of the molecule is CCC1C[C@H](C(=O)N(C)CC2CC2)[C@H](C(=O)O)C1. The summed E-state index contributed by atoms with van der Waals surface area (Å²) in [5.41, 5.74) is 0. The van der Waals surface area contributed by atoms with Crippen molar-refractivity contribution in [2.45, 2.75) is 39.0 Å². The maximum Gasteiger partial charge on any atom is 0.307 e. The highest BCUT2D eigenvalue weighted by Crippen LogP contribution is 2.40. The van der Waals surface area contributed by atoms with Gasteiger partial charge in [0.2, 0.25) is 5.91 Å². The summed E-state index contributed by atoms with van der Waals surface area (Å²) in [6.45, 7) is 2.88. The number of carboxylic acid groups (broad SMARTS) is 1. The van der Waals surface area contributed by atoms with Crippen LogP contribution in [0.1, 0.15) is 39.0 Å². The van der Waals surface area contributed by atoms with Gasteiger partial charge in [0.15, 0.2) is 0 Å². The smallest absolute Gasteiger partial charge is 0.307 e. The van der Waals surface area contributed by atoms with Crippen molar-refractivity contribution in [2.24, 2.45) is 23.7 Å². The van der Waals surface area contributed by atoms with Gasteiger partial charge in [-0.25, -0.2) is 0 Å². The Morgan fingerprint density at radius 2 is 1.78 bits per heavy atom. The fourth-order valence-corrected chi connectivity index (χ4v) is 3.08. The molecule has 2 aliphatic rings. The monoisotopic (exact) mass is 253 g/mol. The maximum absolute atomic E-state index is 12.3. The molecule has 18 heavy (non-hydrogen) atoms. The lowest BCUT2D eigenvalue weighted by Crippen LogP contribution is -2.37. The number of carbonyl (C=O) groups is 2. The summed E-state index contributed by atoms with van der Waals surface area (Å²) < 4.78 is 0. The number of hydrogen-bond acceptors (Lipinski definition) is 2. The Labute approximate surface area is 108 Å². The number of nitrogens with zero attached hydrogens (tertiary/aromatic N) is 1. The van der Waals surface area contributed by atoms with Crippen molar-refractivity contribution in [2.75, 3.05) is 13.6 Å². The van der Waals surface area contributed by atoms with E-state index in [1.54, 1.807) is 4.90 Å². The third kappa shape index (κ3) is 2.85. The normalized spacial score (nSPS) is 31.3. The molecular weight excluding hydrogens is 230 g/mol. The Bertz CT molecular complexity index is 338. The number of amides is 1. The molecule has 102 valence electrons. The standard InChI is InChI=1S/C14H23NO3/c1-3-9-6-11(12(7-9)14(17)18)13(16)15(2)8-10-4-5-10/h9-12H,3-8H2,1-2H3,(H,17,18)/t9?,11-,12+/m0/s1. The van der Waals surface area contributed by atoms with E-state index < -0.39 is 11.9 Å². The minimum Gasteiger partial charge on any atom is -0.481 e. The van der Waals surface area contributed by atoms with Crippen molar-refractivity contribution in [3.05, 3.63) is 0 Å². The number of hydrogen-bond donors (Lipinski definition) is 1. The van der Waals surface area contributed by atoms with Crippen molar-refractivity contribution in [3.63, 3.8) is 0 Å². The number of carboxylic acids is 1. The van der Waals surface area contributed by atoms with E-state index in [1.807, 2.05) is 7.05 Å². The van der Waals surface area contributed by atoms with Gasteiger partial charge in [0, 0.05) is 13.6 Å². The highest BCUT2D eigenvalue weighted by atomic mass is 16.4. The van der Waals surface area contributed by atoms with Crippen LogP contribution >= 0.6 is 0 Å². The van der Waals surface area contributed by atoms with Gasteiger partial charge in [0.1, 0.15) is 0 Å². The van der Waals surface area contributed by atoms with E-state index in [9.17, 15) is 14.7 Å². The molecule has 2 aliphatic carbocycles. The second-order valence-corrected chi connectivity index (χ2v) is 5.96. The fraction of sp³-hybridized carbons (Fsp3) is 0.857. The molecule has 0 radical (unpaired) electrons. The molecule has 0 spiro atoms. The molecule has 1 amide bonds. The molecule has 0 saturated heterocycles. The average molecular weight is 253 g/mol. The summed E-state index contributed by atoms with van der Waals surface area (Å²) in [6, 6.07) is 0. The highest BCUT2D eigenvalue weighted by Gasteiger charge is 2.43. The summed E-state index contributed by atoms with van der Waals surface area (Å²) in [6.07, 6.45) is 4.81. The molecule has 0 aromatic heterocycles. The third-order valence-electron chi connectivity index (χ3n) is 4.48. The van der Waals surface area contributed by atoms with E-state index in [0.29, 0.717) is 18.3 Å². The van der Waals surface area contributed by atoms with Gasteiger partial charge >= 0.3 is 5.97 Å². The average Bonchev–Trinajstić information content (AvgIpc) is 3.03. The molecule has 4 nitrogen and oxygen atoms in total. The van der Waals surface area contributed by atoms with E-state index in [1.165, 1.54) is 12.8 Å². The van der Waals surface area contributed by atoms with Crippen LogP contribution in [0.15, 0.2) is 0 Å². The minimum atomic E-state index is -0.802. The van der Waals surface area contributed by atoms with Crippen LogP contribution in [0, 0.1) is 23.7 Å². The van der Waals surface area contributed by atoms with Crippen LogP contribution in [0.2, 0.25) is 0 Å². The Kier molecular flexibility index (Phi) is 3.93. The summed E-state index contributed by atoms with van der Waals surface area (Å²) in [5, 5.41) is 9.25. The van der Waals surface area contributed by atoms with Crippen molar-refractivity contribution >= 4 is 11.9 Å². The molecule has 4 heteroatoms. The molecule has 2 saturated carbocycles. The van der Waals surface area contributed by atoms with E-state index in [4.69, 9.17) is 0 Å². The Morgan fingerprint density at radius 1 is 1.17 bits per heavy atom. The molecule has 3 atom stereocenters. The van der Waals surface area contributed by atoms with Gasteiger partial charge in [-0.05, 0) is 37.5 Å². The molecule has 0 heterocycles. The van der Waals surface area contributed by atoms with Crippen molar-refractivity contribution in [1.82, 2.24) is 4.90 Å². The van der Waals surface area contributed by atoms with Crippen molar-refractivity contribution in [1.29, 1.82) is 0 Å². The first-order chi connectivity index (χ1) is 8.52. The molecule has 0 aromatic carbocycles. The van der Waals surface area contributed by atoms with Crippen LogP contribution < -0.4 is 0 Å². The molecule has 0 aliphatic heterocycles. The van der Waals surface area contributed by atoms with E-state index in [-0.39, 0.29) is 11.8 Å². The van der Waals surface area contributed by atoms with Crippen LogP contribution in [0.3, 0.4) is 0 Å². The van der Waals surface area contributed by atoms with Gasteiger partial charge in [-0.3, -0.25) is 9.59 Å². The number of aliphatic carboxylic acids is 1. The molecule has 0 bridgehead atoms. The molecule has 1 unspecified atom stereocenters. The number of rotatable bonds is 5. The second-order valence-electron chi connectivity index (χ2n) is 5.96. The van der Waals surface area contributed by atoms with Gasteiger partial charge < -0.3 is 10.0 Å². The van der Waals surface area contributed by atoms with Crippen LogP contribution in [-0.4, -0.2) is 35.5 Å². The van der Waals surface area contributed by atoms with E-state index in [2.05, 4.69) is 6.92 Å². The predicted octanol–water partition coefficient (Wildman–Crippen LogP) is 1.99. The van der Waals surface area contributed by atoms with Gasteiger partial charge in [-0.1, -0.05) is 13.3 Å². The summed E-state index contributed by atoms with van der Waals surface area (Å²) in [5.74, 6) is -0.463. The van der Waals surface area contributed by atoms with Crippen molar-refractivity contribution < 1.29 is 14.7 Å². The Hall–Kier alpha value is -1.06. The van der Waals surface area contributed by atoms with Gasteiger partial charge in [0.05, 0.1) is 11.8 Å². The Morgan fingerprint density at radius 3 is 2.28 bits per heavy atom. The molecule has 1 N–H and O–H groups in total. The molecule has 2 rings (SSSR count). The second kappa shape index (κ2) is 5.29. The summed E-state index contributed by atoms with van der Waals surface area (Å²) in [4.78, 5) is 25.4. The summed E-state index contributed by atoms with van der Waals surface area (Å²) >= 11 is 0. The maximum atomic E-state index is 12.3. The van der Waals surface area contributed by atoms with Crippen LogP contribution in [-0.2, 0) is 9.59 Å². The first-order valence-corrected chi connectivity index (χ1v) is 7.00. The van der Waals surface area contributed by atoms with E-state index >= 15 is 0 Å². The zero-order valence-corrected chi connectivity index (χ0v) is 11.3. The number of carbonyl (C=O) groups excluding carboxylic acids is 1. The lowest BCUT2D eigenvalue weighted by molar-refractivity contribution is -0.148. The van der Waals surface area contributed by atoms with Crippen molar-refractivity contribution in [3.8, 4) is 0 Å². The summed E-state index contributed by atoms with van der Waals surface area (Å²) in [7, 11) is 1.82. The topological polar surface area (TPSA) is 57.6 Å². The van der Waals surface area contributed by atoms with Gasteiger partial charge in [-0.2, -0.15) is 0 Å². The van der Waals surface area contributed by atoms with Gasteiger partial charge in [-0.15, -0.1) is 0 Å². The van der Waals surface area contributed by atoms with Crippen LogP contribution in [0.5, 0.6) is 0 Å².